The number of nitrogens with one attached hydrogen (secondary N) is 2. The van der Waals surface area contributed by atoms with Gasteiger partial charge in [-0.25, -0.2) is 9.59 Å². The molecule has 0 aromatic heterocycles. The molecule has 1 saturated heterocycles. The van der Waals surface area contributed by atoms with Gasteiger partial charge >= 0.3 is 12.0 Å². The molecule has 0 bridgehead atoms. The molecule has 0 spiro atoms. The summed E-state index contributed by atoms with van der Waals surface area (Å²) >= 11 is 0. The fourth-order valence-corrected chi connectivity index (χ4v) is 2.98. The number of carbonyl (C=O) groups excluding carboxylic acids is 2. The van der Waals surface area contributed by atoms with E-state index in [-0.39, 0.29) is 30.2 Å². The van der Waals surface area contributed by atoms with Crippen molar-refractivity contribution in [1.29, 1.82) is 0 Å². The van der Waals surface area contributed by atoms with Gasteiger partial charge in [0.2, 0.25) is 5.91 Å². The molecule has 0 unspecified atom stereocenters. The molecule has 3 amide bonds. The van der Waals surface area contributed by atoms with Gasteiger partial charge in [0.05, 0.1) is 12.2 Å². The average Bonchev–Trinajstić information content (AvgIpc) is 3.04. The molecule has 3 N–H and O–H groups in total. The van der Waals surface area contributed by atoms with Crippen molar-refractivity contribution < 1.29 is 24.2 Å². The van der Waals surface area contributed by atoms with Gasteiger partial charge in [-0.05, 0) is 50.5 Å². The van der Waals surface area contributed by atoms with Crippen molar-refractivity contribution >= 4 is 23.6 Å². The second kappa shape index (κ2) is 8.66. The maximum Gasteiger partial charge on any atom is 0.335 e. The molecular formula is C18H25N3O5. The Kier molecular flexibility index (Phi) is 6.57. The molecule has 142 valence electrons. The number of methoxy groups -OCH3 is 1. The monoisotopic (exact) mass is 363 g/mol. The number of hydrogen-bond donors (Lipinski definition) is 3. The normalized spacial score (nSPS) is 16.6. The fraction of sp³-hybridized carbons (Fsp3) is 0.500. The lowest BCUT2D eigenvalue weighted by atomic mass is 10.1. The largest absolute Gasteiger partial charge is 0.478 e. The van der Waals surface area contributed by atoms with Crippen molar-refractivity contribution in [2.75, 3.05) is 19.0 Å². The van der Waals surface area contributed by atoms with Gasteiger partial charge in [-0.1, -0.05) is 0 Å². The number of amides is 3. The summed E-state index contributed by atoms with van der Waals surface area (Å²) in [6, 6.07) is 3.70. The van der Waals surface area contributed by atoms with E-state index in [4.69, 9.17) is 4.74 Å². The summed E-state index contributed by atoms with van der Waals surface area (Å²) in [7, 11) is 1.51. The zero-order valence-electron chi connectivity index (χ0n) is 15.2. The molecule has 0 aliphatic carbocycles. The van der Waals surface area contributed by atoms with E-state index in [9.17, 15) is 19.5 Å². The minimum Gasteiger partial charge on any atom is -0.478 e. The number of nitrogens with zero attached hydrogens (tertiary/aromatic N) is 1. The number of rotatable bonds is 6. The van der Waals surface area contributed by atoms with Crippen LogP contribution in [-0.4, -0.2) is 53.7 Å². The summed E-state index contributed by atoms with van der Waals surface area (Å²) in [4.78, 5) is 37.7. The Labute approximate surface area is 152 Å². The highest BCUT2D eigenvalue weighted by molar-refractivity contribution is 5.98. The Hall–Kier alpha value is -2.61. The topological polar surface area (TPSA) is 108 Å². The van der Waals surface area contributed by atoms with Crippen LogP contribution in [0.4, 0.5) is 10.5 Å². The molecule has 1 fully saturated rings. The molecular weight excluding hydrogens is 338 g/mol. The molecule has 0 radical (unpaired) electrons. The van der Waals surface area contributed by atoms with Crippen LogP contribution in [0.3, 0.4) is 0 Å². The van der Waals surface area contributed by atoms with Gasteiger partial charge in [0.15, 0.2) is 0 Å². The Morgan fingerprint density at radius 1 is 1.31 bits per heavy atom. The number of carboxylic acids is 1. The van der Waals surface area contributed by atoms with Crippen molar-refractivity contribution in [3.8, 4) is 0 Å². The van der Waals surface area contributed by atoms with E-state index in [1.54, 1.807) is 6.07 Å². The molecule has 1 aromatic rings. The predicted molar refractivity (Wildman–Crippen MR) is 96.1 cm³/mol. The highest BCUT2D eigenvalue weighted by atomic mass is 16.5. The van der Waals surface area contributed by atoms with E-state index in [0.29, 0.717) is 24.2 Å². The molecule has 1 aliphatic rings. The minimum absolute atomic E-state index is 0.0179. The van der Waals surface area contributed by atoms with E-state index in [1.165, 1.54) is 24.1 Å². The number of aromatic carboxylic acids is 1. The van der Waals surface area contributed by atoms with Crippen molar-refractivity contribution in [2.45, 2.75) is 45.4 Å². The Morgan fingerprint density at radius 2 is 2.04 bits per heavy atom. The zero-order chi connectivity index (χ0) is 19.3. The molecule has 26 heavy (non-hydrogen) atoms. The third-order valence-corrected chi connectivity index (χ3v) is 4.05. The van der Waals surface area contributed by atoms with Crippen molar-refractivity contribution in [3.63, 3.8) is 0 Å². The summed E-state index contributed by atoms with van der Waals surface area (Å²) in [5, 5.41) is 14.8. The predicted octanol–water partition coefficient (Wildman–Crippen LogP) is 2.05. The van der Waals surface area contributed by atoms with Crippen LogP contribution in [-0.2, 0) is 16.1 Å². The maximum atomic E-state index is 12.7. The van der Waals surface area contributed by atoms with Crippen LogP contribution in [0.5, 0.6) is 0 Å². The first-order valence-electron chi connectivity index (χ1n) is 8.56. The standard InChI is InChI=1S/C18H25N3O5/c1-11(2)19-18(25)21-6-4-5-15(21)16(22)20-14-8-12(10-26-3)7-13(9-14)17(23)24/h7-9,11,15H,4-6,10H2,1-3H3,(H,19,25)(H,20,22)(H,23,24)/t15-/m0/s1. The molecule has 2 rings (SSSR count). The van der Waals surface area contributed by atoms with Crippen LogP contribution in [0.2, 0.25) is 0 Å². The van der Waals surface area contributed by atoms with Crippen LogP contribution in [0.1, 0.15) is 42.6 Å². The van der Waals surface area contributed by atoms with Crippen LogP contribution in [0.15, 0.2) is 18.2 Å². The van der Waals surface area contributed by atoms with Crippen molar-refractivity contribution in [1.82, 2.24) is 10.2 Å². The van der Waals surface area contributed by atoms with Gasteiger partial charge in [-0.2, -0.15) is 0 Å². The number of carbonyl (C=O) groups is 3. The summed E-state index contributed by atoms with van der Waals surface area (Å²) in [6.07, 6.45) is 1.31. The molecule has 1 aliphatic heterocycles. The lowest BCUT2D eigenvalue weighted by Gasteiger charge is -2.25. The second-order valence-electron chi connectivity index (χ2n) is 6.60. The first-order valence-corrected chi connectivity index (χ1v) is 8.56. The maximum absolute atomic E-state index is 12.7. The average molecular weight is 363 g/mol. The third kappa shape index (κ3) is 4.95. The number of likely N-dealkylation sites (tertiary alicyclic amines) is 1. The molecule has 1 heterocycles. The molecule has 0 saturated carbocycles. The molecule has 1 atom stereocenters. The number of urea groups is 1. The van der Waals surface area contributed by atoms with Crippen LogP contribution in [0.25, 0.3) is 0 Å². The quantitative estimate of drug-likeness (QED) is 0.717. The summed E-state index contributed by atoms with van der Waals surface area (Å²) in [6.45, 7) is 4.46. The summed E-state index contributed by atoms with van der Waals surface area (Å²) in [5.74, 6) is -1.41. The first-order chi connectivity index (χ1) is 12.3. The summed E-state index contributed by atoms with van der Waals surface area (Å²) in [5.41, 5.74) is 1.08. The first kappa shape index (κ1) is 19.7. The fourth-order valence-electron chi connectivity index (χ4n) is 2.98. The number of hydrogen-bond acceptors (Lipinski definition) is 4. The van der Waals surface area contributed by atoms with E-state index < -0.39 is 12.0 Å². The molecule has 8 heteroatoms. The minimum atomic E-state index is -1.09. The highest BCUT2D eigenvalue weighted by Gasteiger charge is 2.34. The Morgan fingerprint density at radius 3 is 2.65 bits per heavy atom. The SMILES string of the molecule is COCc1cc(NC(=O)[C@@H]2CCCN2C(=O)NC(C)C)cc(C(=O)O)c1. The van der Waals surface area contributed by atoms with E-state index >= 15 is 0 Å². The highest BCUT2D eigenvalue weighted by Crippen LogP contribution is 2.21. The number of anilines is 1. The third-order valence-electron chi connectivity index (χ3n) is 4.05. The number of carboxylic acid groups (broad SMARTS) is 1. The zero-order valence-corrected chi connectivity index (χ0v) is 15.2. The number of ether oxygens (including phenoxy) is 1. The second-order valence-corrected chi connectivity index (χ2v) is 6.60. The van der Waals surface area contributed by atoms with Gasteiger partial charge in [0, 0.05) is 25.4 Å². The van der Waals surface area contributed by atoms with Gasteiger partial charge in [-0.15, -0.1) is 0 Å². The van der Waals surface area contributed by atoms with Crippen LogP contribution < -0.4 is 10.6 Å². The summed E-state index contributed by atoms with van der Waals surface area (Å²) < 4.78 is 5.04. The number of benzene rings is 1. The van der Waals surface area contributed by atoms with E-state index in [2.05, 4.69) is 10.6 Å². The van der Waals surface area contributed by atoms with Gasteiger partial charge in [0.1, 0.15) is 6.04 Å². The van der Waals surface area contributed by atoms with Crippen LogP contribution in [0, 0.1) is 0 Å². The van der Waals surface area contributed by atoms with Crippen molar-refractivity contribution in [2.24, 2.45) is 0 Å². The lowest BCUT2D eigenvalue weighted by molar-refractivity contribution is -0.119. The smallest absolute Gasteiger partial charge is 0.335 e. The van der Waals surface area contributed by atoms with Crippen molar-refractivity contribution in [3.05, 3.63) is 29.3 Å². The van der Waals surface area contributed by atoms with Crippen LogP contribution >= 0.6 is 0 Å². The Balaban J connectivity index is 2.15. The van der Waals surface area contributed by atoms with Gasteiger partial charge in [-0.3, -0.25) is 4.79 Å². The molecule has 8 nitrogen and oxygen atoms in total. The van der Waals surface area contributed by atoms with E-state index in [1.807, 2.05) is 13.8 Å². The van der Waals surface area contributed by atoms with Gasteiger partial charge in [0.25, 0.3) is 0 Å². The van der Waals surface area contributed by atoms with E-state index in [0.717, 1.165) is 6.42 Å². The van der Waals surface area contributed by atoms with Gasteiger partial charge < -0.3 is 25.4 Å². The molecule has 1 aromatic carbocycles. The lowest BCUT2D eigenvalue weighted by Crippen LogP contribution is -2.49. The Bertz CT molecular complexity index is 689.